The minimum Gasteiger partial charge on any atom is -0.493 e. The van der Waals surface area contributed by atoms with Crippen LogP contribution in [0.25, 0.3) is 5.65 Å². The molecule has 0 atom stereocenters. The zero-order valence-electron chi connectivity index (χ0n) is 14.2. The van der Waals surface area contributed by atoms with E-state index in [2.05, 4.69) is 15.5 Å². The number of benzene rings is 1. The van der Waals surface area contributed by atoms with Crippen LogP contribution in [0.2, 0.25) is 0 Å². The first kappa shape index (κ1) is 16.8. The Morgan fingerprint density at radius 2 is 1.96 bits per heavy atom. The lowest BCUT2D eigenvalue weighted by atomic mass is 10.1. The molecule has 3 aromatic rings. The van der Waals surface area contributed by atoms with Crippen molar-refractivity contribution in [2.45, 2.75) is 12.8 Å². The topological polar surface area (TPSA) is 77.8 Å². The number of hydrogen-bond acceptors (Lipinski definition) is 5. The minimum atomic E-state index is -0.0546. The Labute approximate surface area is 145 Å². The van der Waals surface area contributed by atoms with Gasteiger partial charge in [-0.15, -0.1) is 10.2 Å². The van der Waals surface area contributed by atoms with E-state index in [1.54, 1.807) is 20.3 Å². The summed E-state index contributed by atoms with van der Waals surface area (Å²) in [6.07, 6.45) is 2.81. The molecule has 2 aromatic heterocycles. The standard InChI is InChI=1S/C18H20N4O3/c1-24-14-7-6-13(11-15(14)25-2)12-18(23)19-9-8-17-21-20-16-5-3-4-10-22(16)17/h3-7,10-11H,8-9,12H2,1-2H3,(H,19,23). The highest BCUT2D eigenvalue weighted by Crippen LogP contribution is 2.27. The maximum absolute atomic E-state index is 12.1. The molecule has 7 nitrogen and oxygen atoms in total. The molecule has 1 amide bonds. The number of carbonyl (C=O) groups is 1. The highest BCUT2D eigenvalue weighted by atomic mass is 16.5. The largest absolute Gasteiger partial charge is 0.493 e. The molecular formula is C18H20N4O3. The van der Waals surface area contributed by atoms with Crippen LogP contribution in [0.1, 0.15) is 11.4 Å². The van der Waals surface area contributed by atoms with E-state index in [-0.39, 0.29) is 12.3 Å². The molecule has 0 aliphatic carbocycles. The van der Waals surface area contributed by atoms with Crippen molar-refractivity contribution in [3.8, 4) is 11.5 Å². The number of pyridine rings is 1. The van der Waals surface area contributed by atoms with Crippen LogP contribution in [0.3, 0.4) is 0 Å². The number of carbonyl (C=O) groups excluding carboxylic acids is 1. The van der Waals surface area contributed by atoms with Gasteiger partial charge in [0.2, 0.25) is 5.91 Å². The average molecular weight is 340 g/mol. The molecule has 130 valence electrons. The molecule has 1 N–H and O–H groups in total. The Balaban J connectivity index is 1.54. The lowest BCUT2D eigenvalue weighted by Crippen LogP contribution is -2.27. The first-order chi connectivity index (χ1) is 12.2. The van der Waals surface area contributed by atoms with Crippen molar-refractivity contribution in [1.29, 1.82) is 0 Å². The van der Waals surface area contributed by atoms with Crippen LogP contribution in [-0.4, -0.2) is 41.3 Å². The number of ether oxygens (including phenoxy) is 2. The van der Waals surface area contributed by atoms with Gasteiger partial charge in [-0.1, -0.05) is 12.1 Å². The predicted molar refractivity (Wildman–Crippen MR) is 93.0 cm³/mol. The van der Waals surface area contributed by atoms with Gasteiger partial charge in [0.05, 0.1) is 20.6 Å². The molecule has 1 aromatic carbocycles. The normalized spacial score (nSPS) is 10.6. The van der Waals surface area contributed by atoms with E-state index in [0.717, 1.165) is 17.0 Å². The van der Waals surface area contributed by atoms with Crippen molar-refractivity contribution in [3.63, 3.8) is 0 Å². The number of nitrogens with zero attached hydrogens (tertiary/aromatic N) is 3. The summed E-state index contributed by atoms with van der Waals surface area (Å²) in [5, 5.41) is 11.2. The predicted octanol–water partition coefficient (Wildman–Crippen LogP) is 1.65. The summed E-state index contributed by atoms with van der Waals surface area (Å²) in [4.78, 5) is 12.1. The van der Waals surface area contributed by atoms with E-state index < -0.39 is 0 Å². The fraction of sp³-hybridized carbons (Fsp3) is 0.278. The van der Waals surface area contributed by atoms with Crippen molar-refractivity contribution in [2.24, 2.45) is 0 Å². The van der Waals surface area contributed by atoms with E-state index in [0.29, 0.717) is 24.5 Å². The van der Waals surface area contributed by atoms with Crippen molar-refractivity contribution < 1.29 is 14.3 Å². The van der Waals surface area contributed by atoms with E-state index in [1.807, 2.05) is 40.9 Å². The lowest BCUT2D eigenvalue weighted by molar-refractivity contribution is -0.120. The molecule has 0 aliphatic rings. The third-order valence-corrected chi connectivity index (χ3v) is 3.87. The molecule has 2 heterocycles. The highest BCUT2D eigenvalue weighted by molar-refractivity contribution is 5.78. The van der Waals surface area contributed by atoms with Crippen LogP contribution in [0, 0.1) is 0 Å². The van der Waals surface area contributed by atoms with Gasteiger partial charge < -0.3 is 14.8 Å². The lowest BCUT2D eigenvalue weighted by Gasteiger charge is -2.09. The van der Waals surface area contributed by atoms with Gasteiger partial charge in [-0.25, -0.2) is 0 Å². The van der Waals surface area contributed by atoms with Crippen molar-refractivity contribution in [2.75, 3.05) is 20.8 Å². The maximum atomic E-state index is 12.1. The summed E-state index contributed by atoms with van der Waals surface area (Å²) >= 11 is 0. The van der Waals surface area contributed by atoms with Crippen LogP contribution >= 0.6 is 0 Å². The molecule has 0 bridgehead atoms. The zero-order valence-corrected chi connectivity index (χ0v) is 14.2. The fourth-order valence-corrected chi connectivity index (χ4v) is 2.61. The Hall–Kier alpha value is -3.09. The molecule has 0 radical (unpaired) electrons. The van der Waals surface area contributed by atoms with Gasteiger partial charge in [-0.05, 0) is 29.8 Å². The third kappa shape index (κ3) is 3.88. The maximum Gasteiger partial charge on any atom is 0.224 e. The second-order valence-corrected chi connectivity index (χ2v) is 5.51. The molecule has 7 heteroatoms. The van der Waals surface area contributed by atoms with Crippen LogP contribution in [0.5, 0.6) is 11.5 Å². The average Bonchev–Trinajstić information content (AvgIpc) is 3.05. The number of hydrogen-bond donors (Lipinski definition) is 1. The fourth-order valence-electron chi connectivity index (χ4n) is 2.61. The minimum absolute atomic E-state index is 0.0546. The first-order valence-electron chi connectivity index (χ1n) is 7.97. The summed E-state index contributed by atoms with van der Waals surface area (Å²) in [5.74, 6) is 2.02. The quantitative estimate of drug-likeness (QED) is 0.708. The van der Waals surface area contributed by atoms with Crippen LogP contribution in [0.4, 0.5) is 0 Å². The van der Waals surface area contributed by atoms with E-state index >= 15 is 0 Å². The number of methoxy groups -OCH3 is 2. The second-order valence-electron chi connectivity index (χ2n) is 5.51. The summed E-state index contributed by atoms with van der Waals surface area (Å²) in [5.41, 5.74) is 1.66. The van der Waals surface area contributed by atoms with E-state index in [4.69, 9.17) is 9.47 Å². The van der Waals surface area contributed by atoms with Gasteiger partial charge >= 0.3 is 0 Å². The van der Waals surface area contributed by atoms with Gasteiger partial charge in [0, 0.05) is 19.2 Å². The molecule has 3 rings (SSSR count). The van der Waals surface area contributed by atoms with Crippen LogP contribution in [0.15, 0.2) is 42.6 Å². The number of amides is 1. The van der Waals surface area contributed by atoms with Crippen LogP contribution in [-0.2, 0) is 17.6 Å². The molecule has 0 spiro atoms. The summed E-state index contributed by atoms with van der Waals surface area (Å²) in [7, 11) is 3.16. The molecule has 0 unspecified atom stereocenters. The summed E-state index contributed by atoms with van der Waals surface area (Å²) < 4.78 is 12.4. The Morgan fingerprint density at radius 3 is 2.76 bits per heavy atom. The number of aromatic nitrogens is 3. The number of fused-ring (bicyclic) bond motifs is 1. The van der Waals surface area contributed by atoms with Gasteiger partial charge in [0.1, 0.15) is 5.82 Å². The van der Waals surface area contributed by atoms with Crippen molar-refractivity contribution in [3.05, 3.63) is 54.0 Å². The zero-order chi connectivity index (χ0) is 17.6. The Bertz CT molecular complexity index is 876. The summed E-state index contributed by atoms with van der Waals surface area (Å²) in [6.45, 7) is 0.502. The van der Waals surface area contributed by atoms with Gasteiger partial charge in [0.15, 0.2) is 17.1 Å². The van der Waals surface area contributed by atoms with Gasteiger partial charge in [-0.2, -0.15) is 0 Å². The third-order valence-electron chi connectivity index (χ3n) is 3.87. The molecule has 25 heavy (non-hydrogen) atoms. The van der Waals surface area contributed by atoms with Crippen LogP contribution < -0.4 is 14.8 Å². The first-order valence-corrected chi connectivity index (χ1v) is 7.97. The molecule has 0 aliphatic heterocycles. The monoisotopic (exact) mass is 340 g/mol. The van der Waals surface area contributed by atoms with Gasteiger partial charge in [0.25, 0.3) is 0 Å². The van der Waals surface area contributed by atoms with Gasteiger partial charge in [-0.3, -0.25) is 9.20 Å². The number of rotatable bonds is 7. The molecule has 0 saturated heterocycles. The molecule has 0 fully saturated rings. The Kier molecular flexibility index (Phi) is 5.13. The molecular weight excluding hydrogens is 320 g/mol. The summed E-state index contributed by atoms with van der Waals surface area (Å²) in [6, 6.07) is 11.2. The number of nitrogens with one attached hydrogen (secondary N) is 1. The smallest absolute Gasteiger partial charge is 0.224 e. The second kappa shape index (κ2) is 7.65. The SMILES string of the molecule is COc1ccc(CC(=O)NCCc2nnc3ccccn23)cc1OC. The molecule has 0 saturated carbocycles. The Morgan fingerprint density at radius 1 is 1.12 bits per heavy atom. The van der Waals surface area contributed by atoms with Crippen molar-refractivity contribution >= 4 is 11.6 Å². The van der Waals surface area contributed by atoms with E-state index in [9.17, 15) is 4.79 Å². The highest BCUT2D eigenvalue weighted by Gasteiger charge is 2.09. The van der Waals surface area contributed by atoms with E-state index in [1.165, 1.54) is 0 Å². The van der Waals surface area contributed by atoms with Crippen molar-refractivity contribution in [1.82, 2.24) is 19.9 Å².